The van der Waals surface area contributed by atoms with E-state index in [9.17, 15) is 13.2 Å². The molecule has 0 aromatic heterocycles. The average Bonchev–Trinajstić information content (AvgIpc) is 2.75. The van der Waals surface area contributed by atoms with E-state index < -0.39 is 10.0 Å². The minimum atomic E-state index is -3.75. The predicted octanol–water partition coefficient (Wildman–Crippen LogP) is 2.34. The molecule has 0 atom stereocenters. The summed E-state index contributed by atoms with van der Waals surface area (Å²) in [6.45, 7) is 1.90. The van der Waals surface area contributed by atoms with Crippen LogP contribution in [0.2, 0.25) is 0 Å². The average molecular weight is 418 g/mol. The van der Waals surface area contributed by atoms with Gasteiger partial charge in [0.05, 0.1) is 17.7 Å². The highest BCUT2D eigenvalue weighted by atomic mass is 32.2. The van der Waals surface area contributed by atoms with Crippen LogP contribution >= 0.6 is 0 Å². The molecule has 1 N–H and O–H groups in total. The molecule has 156 valence electrons. The molecule has 1 aliphatic heterocycles. The molecule has 2 aromatic rings. The summed E-state index contributed by atoms with van der Waals surface area (Å²) in [7, 11) is 1.32. The van der Waals surface area contributed by atoms with Crippen LogP contribution in [-0.2, 0) is 10.0 Å². The molecule has 8 heteroatoms. The number of ether oxygens (including phenoxy) is 1. The molecule has 7 nitrogen and oxygen atoms in total. The van der Waals surface area contributed by atoms with Crippen LogP contribution in [-0.4, -0.2) is 59.6 Å². The first-order valence-electron chi connectivity index (χ1n) is 9.53. The fourth-order valence-corrected chi connectivity index (χ4v) is 4.50. The summed E-state index contributed by atoms with van der Waals surface area (Å²) >= 11 is 0. The second-order valence-electron chi connectivity index (χ2n) is 7.25. The van der Waals surface area contributed by atoms with Crippen molar-refractivity contribution in [2.75, 3.05) is 38.6 Å². The number of carbonyl (C=O) groups is 1. The molecule has 3 rings (SSSR count). The number of hydrogen-bond donors (Lipinski definition) is 1. The van der Waals surface area contributed by atoms with Gasteiger partial charge in [0.2, 0.25) is 0 Å². The lowest BCUT2D eigenvalue weighted by Crippen LogP contribution is -2.43. The number of nitrogens with one attached hydrogen (secondary N) is 1. The van der Waals surface area contributed by atoms with E-state index in [4.69, 9.17) is 4.74 Å². The lowest BCUT2D eigenvalue weighted by Gasteiger charge is -2.29. The number of rotatable bonds is 6. The Labute approximate surface area is 172 Å². The van der Waals surface area contributed by atoms with Gasteiger partial charge in [-0.2, -0.15) is 0 Å². The number of piperidine rings is 1. The largest absolute Gasteiger partial charge is 0.497 e. The zero-order chi connectivity index (χ0) is 21.0. The van der Waals surface area contributed by atoms with Gasteiger partial charge in [-0.3, -0.25) is 9.10 Å². The first-order chi connectivity index (χ1) is 13.8. The van der Waals surface area contributed by atoms with Crippen molar-refractivity contribution in [1.82, 2.24) is 10.2 Å². The maximum absolute atomic E-state index is 12.9. The third-order valence-corrected chi connectivity index (χ3v) is 7.04. The monoisotopic (exact) mass is 417 g/mol. The van der Waals surface area contributed by atoms with Crippen LogP contribution in [0.3, 0.4) is 0 Å². The molecule has 0 bridgehead atoms. The molecule has 1 fully saturated rings. The molecule has 0 radical (unpaired) electrons. The number of carbonyl (C=O) groups excluding carboxylic acids is 1. The number of benzene rings is 2. The van der Waals surface area contributed by atoms with Gasteiger partial charge in [-0.15, -0.1) is 0 Å². The molecular formula is C21H27N3O4S. The van der Waals surface area contributed by atoms with Crippen molar-refractivity contribution >= 4 is 21.6 Å². The third-order valence-electron chi connectivity index (χ3n) is 5.24. The van der Waals surface area contributed by atoms with Crippen LogP contribution in [0.1, 0.15) is 23.2 Å². The Morgan fingerprint density at radius 2 is 1.79 bits per heavy atom. The minimum absolute atomic E-state index is 0.142. The molecule has 0 aliphatic carbocycles. The van der Waals surface area contributed by atoms with Crippen LogP contribution in [0, 0.1) is 0 Å². The van der Waals surface area contributed by atoms with E-state index in [0.29, 0.717) is 17.0 Å². The predicted molar refractivity (Wildman–Crippen MR) is 113 cm³/mol. The molecule has 1 amide bonds. The molecule has 0 spiro atoms. The van der Waals surface area contributed by atoms with E-state index in [1.165, 1.54) is 30.6 Å². The van der Waals surface area contributed by atoms with Gasteiger partial charge in [-0.05, 0) is 75.4 Å². The third kappa shape index (κ3) is 4.89. The zero-order valence-electron chi connectivity index (χ0n) is 17.0. The quantitative estimate of drug-likeness (QED) is 0.781. The zero-order valence-corrected chi connectivity index (χ0v) is 17.8. The lowest BCUT2D eigenvalue weighted by molar-refractivity contribution is 0.0917. The summed E-state index contributed by atoms with van der Waals surface area (Å²) < 4.78 is 32.1. The molecule has 1 saturated heterocycles. The van der Waals surface area contributed by atoms with Gasteiger partial charge in [0.15, 0.2) is 0 Å². The summed E-state index contributed by atoms with van der Waals surface area (Å²) in [4.78, 5) is 15.0. The van der Waals surface area contributed by atoms with E-state index in [-0.39, 0.29) is 16.8 Å². The highest BCUT2D eigenvalue weighted by molar-refractivity contribution is 7.92. The van der Waals surface area contributed by atoms with Crippen LogP contribution in [0.4, 0.5) is 5.69 Å². The highest BCUT2D eigenvalue weighted by Crippen LogP contribution is 2.24. The van der Waals surface area contributed by atoms with Crippen molar-refractivity contribution in [2.24, 2.45) is 0 Å². The second-order valence-corrected chi connectivity index (χ2v) is 9.22. The summed E-state index contributed by atoms with van der Waals surface area (Å²) in [5, 5.41) is 3.06. The number of sulfonamides is 1. The Morgan fingerprint density at radius 3 is 2.41 bits per heavy atom. The van der Waals surface area contributed by atoms with Crippen molar-refractivity contribution in [3.05, 3.63) is 54.1 Å². The smallest absolute Gasteiger partial charge is 0.264 e. The molecule has 1 heterocycles. The Balaban J connectivity index is 1.76. The Morgan fingerprint density at radius 1 is 1.14 bits per heavy atom. The molecule has 0 unspecified atom stereocenters. The molecular weight excluding hydrogens is 390 g/mol. The summed E-state index contributed by atoms with van der Waals surface area (Å²) in [6.07, 6.45) is 1.82. The van der Waals surface area contributed by atoms with Crippen LogP contribution in [0.15, 0.2) is 53.4 Å². The molecule has 0 saturated carbocycles. The molecule has 29 heavy (non-hydrogen) atoms. The van der Waals surface area contributed by atoms with Gasteiger partial charge >= 0.3 is 0 Å². The second kappa shape index (κ2) is 8.84. The number of likely N-dealkylation sites (tertiary alicyclic amines) is 1. The van der Waals surface area contributed by atoms with Gasteiger partial charge in [0, 0.05) is 18.7 Å². The van der Waals surface area contributed by atoms with Crippen molar-refractivity contribution in [3.8, 4) is 5.75 Å². The van der Waals surface area contributed by atoms with E-state index in [2.05, 4.69) is 17.3 Å². The Hall–Kier alpha value is -2.58. The molecule has 1 aliphatic rings. The van der Waals surface area contributed by atoms with Crippen LogP contribution < -0.4 is 14.4 Å². The topological polar surface area (TPSA) is 79.0 Å². The van der Waals surface area contributed by atoms with E-state index in [1.807, 2.05) is 0 Å². The number of anilines is 1. The molecule has 2 aromatic carbocycles. The Kier molecular flexibility index (Phi) is 6.44. The standard InChI is InChI=1S/C21H27N3O4S/c1-23-13-11-17(12-14-23)22-21(25)16-5-4-6-18(15-16)24(2)29(26,27)20-9-7-19(28-3)8-10-20/h4-10,15,17H,11-14H2,1-3H3,(H,22,25). The van der Waals surface area contributed by atoms with Gasteiger partial charge in [0.1, 0.15) is 5.75 Å². The van der Waals surface area contributed by atoms with Crippen LogP contribution in [0.25, 0.3) is 0 Å². The van der Waals surface area contributed by atoms with Crippen molar-refractivity contribution in [3.63, 3.8) is 0 Å². The van der Waals surface area contributed by atoms with Gasteiger partial charge in [-0.1, -0.05) is 6.07 Å². The van der Waals surface area contributed by atoms with Crippen molar-refractivity contribution in [1.29, 1.82) is 0 Å². The summed E-state index contributed by atoms with van der Waals surface area (Å²) in [5.41, 5.74) is 0.870. The van der Waals surface area contributed by atoms with Crippen LogP contribution in [0.5, 0.6) is 5.75 Å². The normalized spacial score (nSPS) is 15.7. The summed E-state index contributed by atoms with van der Waals surface area (Å²) in [6, 6.07) is 13.0. The van der Waals surface area contributed by atoms with Crippen molar-refractivity contribution in [2.45, 2.75) is 23.8 Å². The van der Waals surface area contributed by atoms with E-state index >= 15 is 0 Å². The number of methoxy groups -OCH3 is 1. The number of amides is 1. The highest BCUT2D eigenvalue weighted by Gasteiger charge is 2.23. The maximum Gasteiger partial charge on any atom is 0.264 e. The Bertz CT molecular complexity index is 952. The fourth-order valence-electron chi connectivity index (χ4n) is 3.31. The first kappa shape index (κ1) is 21.1. The first-order valence-corrected chi connectivity index (χ1v) is 11.0. The van der Waals surface area contributed by atoms with Gasteiger partial charge in [-0.25, -0.2) is 8.42 Å². The maximum atomic E-state index is 12.9. The number of hydrogen-bond acceptors (Lipinski definition) is 5. The summed E-state index contributed by atoms with van der Waals surface area (Å²) in [5.74, 6) is 0.399. The minimum Gasteiger partial charge on any atom is -0.497 e. The fraction of sp³-hybridized carbons (Fsp3) is 0.381. The number of nitrogens with zero attached hydrogens (tertiary/aromatic N) is 2. The van der Waals surface area contributed by atoms with E-state index in [1.54, 1.807) is 36.4 Å². The SMILES string of the molecule is COc1ccc(S(=O)(=O)N(C)c2cccc(C(=O)NC3CCN(C)CC3)c2)cc1. The van der Waals surface area contributed by atoms with Gasteiger partial charge in [0.25, 0.3) is 15.9 Å². The van der Waals surface area contributed by atoms with Gasteiger partial charge < -0.3 is 15.0 Å². The van der Waals surface area contributed by atoms with Crippen molar-refractivity contribution < 1.29 is 17.9 Å². The van der Waals surface area contributed by atoms with E-state index in [0.717, 1.165) is 25.9 Å². The lowest BCUT2D eigenvalue weighted by atomic mass is 10.0.